The Morgan fingerprint density at radius 3 is 2.30 bits per heavy atom. The Morgan fingerprint density at radius 2 is 1.59 bits per heavy atom. The molecule has 6 rings (SSSR count). The van der Waals surface area contributed by atoms with Crippen LogP contribution in [-0.2, 0) is 12.5 Å². The molecule has 0 unspecified atom stereocenters. The van der Waals surface area contributed by atoms with Crippen LogP contribution in [0.25, 0.3) is 49.7 Å². The van der Waals surface area contributed by atoms with E-state index in [1.165, 1.54) is 27.5 Å². The van der Waals surface area contributed by atoms with E-state index in [0.717, 1.165) is 33.3 Å². The summed E-state index contributed by atoms with van der Waals surface area (Å²) in [7, 11) is 2.06. The smallest absolute Gasteiger partial charge is 0.287 e. The van der Waals surface area contributed by atoms with Crippen LogP contribution in [0, 0.1) is 18.3 Å². The standard InChI is InChI=1S/C33H29N4/c1-21-24-15-9-10-16-25(24)27(33(2,3)4)18-26(21)31-32-30(35-20-36(31)5)29-22(19-34)12-11-17-28(29)37(32)23-13-7-6-8-14-23/h6-18,20H,1-5H3/q+1. The van der Waals surface area contributed by atoms with Crippen molar-refractivity contribution in [1.29, 1.82) is 5.26 Å². The fourth-order valence-electron chi connectivity index (χ4n) is 5.68. The van der Waals surface area contributed by atoms with Crippen LogP contribution in [0.4, 0.5) is 0 Å². The second-order valence-corrected chi connectivity index (χ2v) is 10.8. The number of nitriles is 1. The summed E-state index contributed by atoms with van der Waals surface area (Å²) in [6, 6.07) is 29.7. The Hall–Kier alpha value is -4.49. The maximum absolute atomic E-state index is 10.0. The summed E-state index contributed by atoms with van der Waals surface area (Å²) in [5.74, 6) is 0. The number of hydrogen-bond donors (Lipinski definition) is 0. The van der Waals surface area contributed by atoms with Crippen LogP contribution in [0.15, 0.2) is 85.2 Å². The van der Waals surface area contributed by atoms with E-state index >= 15 is 0 Å². The van der Waals surface area contributed by atoms with Crippen LogP contribution < -0.4 is 4.57 Å². The van der Waals surface area contributed by atoms with Crippen molar-refractivity contribution in [3.8, 4) is 23.0 Å². The van der Waals surface area contributed by atoms with Gasteiger partial charge in [-0.3, -0.25) is 0 Å². The van der Waals surface area contributed by atoms with E-state index in [-0.39, 0.29) is 5.41 Å². The number of hydrogen-bond acceptors (Lipinski definition) is 2. The highest BCUT2D eigenvalue weighted by atomic mass is 15.1. The number of aromatic nitrogens is 3. The summed E-state index contributed by atoms with van der Waals surface area (Å²) in [6.45, 7) is 9.04. The van der Waals surface area contributed by atoms with Crippen molar-refractivity contribution in [2.24, 2.45) is 7.05 Å². The van der Waals surface area contributed by atoms with Crippen LogP contribution >= 0.6 is 0 Å². The van der Waals surface area contributed by atoms with E-state index in [0.29, 0.717) is 5.56 Å². The second kappa shape index (κ2) is 8.28. The van der Waals surface area contributed by atoms with Gasteiger partial charge >= 0.3 is 0 Å². The molecular weight excluding hydrogens is 452 g/mol. The van der Waals surface area contributed by atoms with Crippen molar-refractivity contribution < 1.29 is 4.57 Å². The molecule has 4 nitrogen and oxygen atoms in total. The number of rotatable bonds is 2. The third-order valence-electron chi connectivity index (χ3n) is 7.42. The minimum atomic E-state index is -0.0348. The van der Waals surface area contributed by atoms with Crippen LogP contribution in [-0.4, -0.2) is 9.55 Å². The number of nitrogens with zero attached hydrogens (tertiary/aromatic N) is 4. The largest absolute Gasteiger partial charge is 0.302 e. The lowest BCUT2D eigenvalue weighted by Gasteiger charge is -2.24. The average Bonchev–Trinajstić information content (AvgIpc) is 3.24. The summed E-state index contributed by atoms with van der Waals surface area (Å²) >= 11 is 0. The molecule has 0 radical (unpaired) electrons. The minimum Gasteiger partial charge on any atom is -0.302 e. The Bertz CT molecular complexity index is 1880. The molecule has 0 N–H and O–H groups in total. The predicted octanol–water partition coefficient (Wildman–Crippen LogP) is 7.30. The molecule has 37 heavy (non-hydrogen) atoms. The van der Waals surface area contributed by atoms with Gasteiger partial charge < -0.3 is 4.57 Å². The summed E-state index contributed by atoms with van der Waals surface area (Å²) in [5, 5.41) is 13.5. The Kier molecular flexibility index (Phi) is 5.14. The van der Waals surface area contributed by atoms with E-state index in [4.69, 9.17) is 4.98 Å². The van der Waals surface area contributed by atoms with Gasteiger partial charge in [-0.2, -0.15) is 5.26 Å². The lowest BCUT2D eigenvalue weighted by atomic mass is 9.80. The SMILES string of the molecule is Cc1c(-c2c3c(nc[n+]2C)c2c(C#N)cccc2n3-c2ccccc2)cc(C(C)(C)C)c2ccccc12. The first-order valence-corrected chi connectivity index (χ1v) is 12.6. The molecule has 0 aliphatic heterocycles. The van der Waals surface area contributed by atoms with Gasteiger partial charge in [-0.15, -0.1) is 0 Å². The van der Waals surface area contributed by atoms with E-state index in [1.807, 2.05) is 24.5 Å². The maximum atomic E-state index is 10.0. The number of aryl methyl sites for hydroxylation is 2. The van der Waals surface area contributed by atoms with Crippen molar-refractivity contribution in [1.82, 2.24) is 9.55 Å². The van der Waals surface area contributed by atoms with Crippen molar-refractivity contribution >= 4 is 32.7 Å². The maximum Gasteiger partial charge on any atom is 0.287 e. The number of benzene rings is 4. The lowest BCUT2D eigenvalue weighted by molar-refractivity contribution is -0.662. The van der Waals surface area contributed by atoms with Crippen LogP contribution in [0.2, 0.25) is 0 Å². The molecule has 0 spiro atoms. The summed E-state index contributed by atoms with van der Waals surface area (Å²) in [4.78, 5) is 4.90. The molecule has 4 heteroatoms. The van der Waals surface area contributed by atoms with E-state index < -0.39 is 0 Å². The molecule has 2 aromatic heterocycles. The highest BCUT2D eigenvalue weighted by molar-refractivity contribution is 6.13. The van der Waals surface area contributed by atoms with Gasteiger partial charge in [0.05, 0.1) is 29.6 Å². The van der Waals surface area contributed by atoms with E-state index in [2.05, 4.69) is 111 Å². The summed E-state index contributed by atoms with van der Waals surface area (Å²) < 4.78 is 4.38. The highest BCUT2D eigenvalue weighted by Crippen LogP contribution is 2.41. The van der Waals surface area contributed by atoms with Crippen molar-refractivity contribution in [2.45, 2.75) is 33.1 Å². The van der Waals surface area contributed by atoms with E-state index in [1.54, 1.807) is 0 Å². The molecule has 0 aliphatic carbocycles. The molecular formula is C33H29N4+. The topological polar surface area (TPSA) is 45.5 Å². The third kappa shape index (κ3) is 3.42. The van der Waals surface area contributed by atoms with E-state index in [9.17, 15) is 5.26 Å². The van der Waals surface area contributed by atoms with Gasteiger partial charge in [0, 0.05) is 11.3 Å². The molecule has 2 heterocycles. The van der Waals surface area contributed by atoms with Crippen LogP contribution in [0.1, 0.15) is 37.5 Å². The Labute approximate surface area is 217 Å². The third-order valence-corrected chi connectivity index (χ3v) is 7.42. The zero-order chi connectivity index (χ0) is 25.9. The van der Waals surface area contributed by atoms with Gasteiger partial charge in [0.2, 0.25) is 5.52 Å². The van der Waals surface area contributed by atoms with Crippen molar-refractivity contribution in [3.63, 3.8) is 0 Å². The molecule has 0 atom stereocenters. The number of fused-ring (bicyclic) bond motifs is 4. The monoisotopic (exact) mass is 481 g/mol. The van der Waals surface area contributed by atoms with Gasteiger partial charge in [0.15, 0.2) is 5.69 Å². The predicted molar refractivity (Wildman–Crippen MR) is 151 cm³/mol. The molecule has 0 fully saturated rings. The molecule has 180 valence electrons. The molecule has 4 aromatic carbocycles. The van der Waals surface area contributed by atoms with Gasteiger partial charge in [0.1, 0.15) is 5.52 Å². The van der Waals surface area contributed by atoms with Crippen molar-refractivity contribution in [3.05, 3.63) is 102 Å². The second-order valence-electron chi connectivity index (χ2n) is 10.8. The van der Waals surface area contributed by atoms with Crippen LogP contribution in [0.3, 0.4) is 0 Å². The van der Waals surface area contributed by atoms with Gasteiger partial charge in [0.25, 0.3) is 6.33 Å². The molecule has 0 bridgehead atoms. The lowest BCUT2D eigenvalue weighted by Crippen LogP contribution is -2.32. The molecule has 6 aromatic rings. The van der Waals surface area contributed by atoms with Gasteiger partial charge in [-0.25, -0.2) is 4.57 Å². The van der Waals surface area contributed by atoms with Crippen molar-refractivity contribution in [2.75, 3.05) is 0 Å². The van der Waals surface area contributed by atoms with Gasteiger partial charge in [-0.05, 0) is 69.6 Å². The zero-order valence-electron chi connectivity index (χ0n) is 21.9. The molecule has 0 aliphatic rings. The summed E-state index contributed by atoms with van der Waals surface area (Å²) in [5.41, 5.74) is 9.28. The Balaban J connectivity index is 1.87. The normalized spacial score (nSPS) is 11.9. The quantitative estimate of drug-likeness (QED) is 0.244. The average molecular weight is 482 g/mol. The first-order valence-electron chi connectivity index (χ1n) is 12.6. The zero-order valence-corrected chi connectivity index (χ0v) is 21.9. The minimum absolute atomic E-state index is 0.0348. The fraction of sp³-hybridized carbons (Fsp3) is 0.182. The first-order chi connectivity index (χ1) is 17.8. The Morgan fingerprint density at radius 1 is 0.892 bits per heavy atom. The highest BCUT2D eigenvalue weighted by Gasteiger charge is 2.29. The fourth-order valence-corrected chi connectivity index (χ4v) is 5.68. The molecule has 0 amide bonds. The van der Waals surface area contributed by atoms with Gasteiger partial charge in [-0.1, -0.05) is 69.3 Å². The van der Waals surface area contributed by atoms with Crippen LogP contribution in [0.5, 0.6) is 0 Å². The summed E-state index contributed by atoms with van der Waals surface area (Å²) in [6.07, 6.45) is 1.88. The first kappa shape index (κ1) is 22.9. The molecule has 0 saturated heterocycles. The number of para-hydroxylation sites is 1. The molecule has 0 saturated carbocycles.